The minimum Gasteiger partial charge on any atom is -0.310 e. The van der Waals surface area contributed by atoms with E-state index in [0.717, 1.165) is 53.2 Å². The zero-order valence-electron chi connectivity index (χ0n) is 15.1. The number of likely N-dealkylation sites (tertiary alicyclic amines) is 1. The van der Waals surface area contributed by atoms with Crippen LogP contribution in [0.15, 0.2) is 42.2 Å². The van der Waals surface area contributed by atoms with Crippen LogP contribution in [0, 0.1) is 5.92 Å². The number of nitrogens with zero attached hydrogens (tertiary/aromatic N) is 3. The van der Waals surface area contributed by atoms with Crippen LogP contribution in [0.1, 0.15) is 25.7 Å². The third-order valence-corrected chi connectivity index (χ3v) is 6.48. The first-order chi connectivity index (χ1) is 13.3. The Morgan fingerprint density at radius 2 is 1.93 bits per heavy atom. The van der Waals surface area contributed by atoms with E-state index < -0.39 is 0 Å². The molecule has 1 aromatic carbocycles. The Morgan fingerprint density at radius 1 is 1.07 bits per heavy atom. The van der Waals surface area contributed by atoms with Crippen LogP contribution in [0.2, 0.25) is 0 Å². The highest BCUT2D eigenvalue weighted by Crippen LogP contribution is 2.31. The van der Waals surface area contributed by atoms with Crippen LogP contribution in [-0.4, -0.2) is 39.9 Å². The fraction of sp³-hybridized carbons (Fsp3) is 0.381. The summed E-state index contributed by atoms with van der Waals surface area (Å²) in [6.45, 7) is 2.10. The van der Waals surface area contributed by atoms with E-state index in [1.54, 1.807) is 11.3 Å². The van der Waals surface area contributed by atoms with Crippen LogP contribution < -0.4 is 5.32 Å². The zero-order valence-corrected chi connectivity index (χ0v) is 15.9. The van der Waals surface area contributed by atoms with Crippen molar-refractivity contribution < 1.29 is 4.79 Å². The van der Waals surface area contributed by atoms with Gasteiger partial charge in [0.05, 0.1) is 10.4 Å². The molecule has 3 aromatic rings. The van der Waals surface area contributed by atoms with Gasteiger partial charge in [0.15, 0.2) is 0 Å². The maximum absolute atomic E-state index is 12.7. The van der Waals surface area contributed by atoms with Gasteiger partial charge in [-0.1, -0.05) is 12.1 Å². The molecule has 0 unspecified atom stereocenters. The summed E-state index contributed by atoms with van der Waals surface area (Å²) in [5.74, 6) is 0.843. The van der Waals surface area contributed by atoms with Gasteiger partial charge in [0.1, 0.15) is 5.82 Å². The van der Waals surface area contributed by atoms with E-state index in [1.165, 1.54) is 12.8 Å². The van der Waals surface area contributed by atoms with Gasteiger partial charge in [-0.3, -0.25) is 9.78 Å². The second-order valence-corrected chi connectivity index (χ2v) is 8.41. The smallest absolute Gasteiger partial charge is 0.228 e. The maximum atomic E-state index is 12.7. The van der Waals surface area contributed by atoms with Crippen LogP contribution in [0.25, 0.3) is 21.2 Å². The molecule has 1 amide bonds. The number of anilines is 1. The number of thiazole rings is 1. The molecule has 1 saturated carbocycles. The normalized spacial score (nSPS) is 18.7. The van der Waals surface area contributed by atoms with Gasteiger partial charge in [-0.25, -0.2) is 4.98 Å². The number of hydrogen-bond donors (Lipinski definition) is 1. The zero-order chi connectivity index (χ0) is 18.2. The van der Waals surface area contributed by atoms with E-state index in [4.69, 9.17) is 0 Å². The lowest BCUT2D eigenvalue weighted by Crippen LogP contribution is -2.39. The molecule has 2 aliphatic rings. The lowest BCUT2D eigenvalue weighted by Gasteiger charge is -2.31. The number of hydrogen-bond acceptors (Lipinski definition) is 5. The Bertz CT molecular complexity index is 959. The van der Waals surface area contributed by atoms with Crippen molar-refractivity contribution in [3.8, 4) is 10.4 Å². The first-order valence-electron chi connectivity index (χ1n) is 9.60. The van der Waals surface area contributed by atoms with Gasteiger partial charge in [-0.2, -0.15) is 0 Å². The third kappa shape index (κ3) is 3.59. The second kappa shape index (κ2) is 7.02. The summed E-state index contributed by atoms with van der Waals surface area (Å²) >= 11 is 1.62. The van der Waals surface area contributed by atoms with Gasteiger partial charge in [-0.05, 0) is 61.9 Å². The maximum Gasteiger partial charge on any atom is 0.228 e. The van der Waals surface area contributed by atoms with Gasteiger partial charge in [-0.15, -0.1) is 11.3 Å². The van der Waals surface area contributed by atoms with Crippen molar-refractivity contribution in [3.05, 3.63) is 42.2 Å². The number of nitrogens with one attached hydrogen (secondary N) is 1. The summed E-state index contributed by atoms with van der Waals surface area (Å²) in [4.78, 5) is 24.9. The average Bonchev–Trinajstić information content (AvgIpc) is 3.41. The number of pyridine rings is 1. The standard InChI is InChI=1S/C21H22N4OS/c26-21(14-5-7-25(8-6-14)18-3-4-18)24-20-10-17-9-15(19-12-22-13-27-19)1-2-16(17)11-23-20/h1-2,9-14,18H,3-8H2,(H,23,24,26). The van der Waals surface area contributed by atoms with Crippen molar-refractivity contribution in [1.29, 1.82) is 0 Å². The number of fused-ring (bicyclic) bond motifs is 1. The molecular formula is C21H22N4OS. The molecule has 2 aromatic heterocycles. The third-order valence-electron chi connectivity index (χ3n) is 5.65. The molecule has 0 bridgehead atoms. The van der Waals surface area contributed by atoms with Crippen LogP contribution in [0.5, 0.6) is 0 Å². The molecule has 3 heterocycles. The van der Waals surface area contributed by atoms with E-state index >= 15 is 0 Å². The number of rotatable bonds is 4. The predicted octanol–water partition coefficient (Wildman–Crippen LogP) is 4.17. The Morgan fingerprint density at radius 3 is 2.67 bits per heavy atom. The molecule has 1 saturated heterocycles. The van der Waals surface area contributed by atoms with Gasteiger partial charge < -0.3 is 10.2 Å². The van der Waals surface area contributed by atoms with Gasteiger partial charge >= 0.3 is 0 Å². The van der Waals surface area contributed by atoms with E-state index in [1.807, 2.05) is 24.0 Å². The van der Waals surface area contributed by atoms with E-state index in [0.29, 0.717) is 5.82 Å². The Hall–Kier alpha value is -2.31. The first-order valence-corrected chi connectivity index (χ1v) is 10.5. The lowest BCUT2D eigenvalue weighted by molar-refractivity contribution is -0.121. The lowest BCUT2D eigenvalue weighted by atomic mass is 9.96. The average molecular weight is 379 g/mol. The summed E-state index contributed by atoms with van der Waals surface area (Å²) in [7, 11) is 0. The number of aromatic nitrogens is 2. The van der Waals surface area contributed by atoms with Crippen molar-refractivity contribution in [2.45, 2.75) is 31.7 Å². The number of amides is 1. The minimum atomic E-state index is 0.0982. The fourth-order valence-corrected chi connectivity index (χ4v) is 4.54. The van der Waals surface area contributed by atoms with Crippen molar-refractivity contribution in [2.75, 3.05) is 18.4 Å². The van der Waals surface area contributed by atoms with E-state index in [-0.39, 0.29) is 11.8 Å². The molecule has 0 radical (unpaired) electrons. The quantitative estimate of drug-likeness (QED) is 0.740. The molecule has 5 nitrogen and oxygen atoms in total. The van der Waals surface area contributed by atoms with Gasteiger partial charge in [0.25, 0.3) is 0 Å². The summed E-state index contributed by atoms with van der Waals surface area (Å²) in [5.41, 5.74) is 2.98. The van der Waals surface area contributed by atoms with Crippen molar-refractivity contribution in [2.24, 2.45) is 5.92 Å². The van der Waals surface area contributed by atoms with E-state index in [2.05, 4.69) is 38.4 Å². The molecule has 2 fully saturated rings. The molecule has 1 N–H and O–H groups in total. The minimum absolute atomic E-state index is 0.0982. The molecule has 0 spiro atoms. The topological polar surface area (TPSA) is 58.1 Å². The summed E-state index contributed by atoms with van der Waals surface area (Å²) < 4.78 is 0. The number of benzene rings is 1. The van der Waals surface area contributed by atoms with Gasteiger partial charge in [0.2, 0.25) is 5.91 Å². The Kier molecular flexibility index (Phi) is 4.38. The number of piperidine rings is 1. The SMILES string of the molecule is O=C(Nc1cc2cc(-c3cncs3)ccc2cn1)C1CCN(C2CC2)CC1. The molecule has 0 atom stereocenters. The number of carbonyl (C=O) groups excluding carboxylic acids is 1. The van der Waals surface area contributed by atoms with Crippen molar-refractivity contribution >= 4 is 33.8 Å². The van der Waals surface area contributed by atoms with Crippen LogP contribution in [-0.2, 0) is 4.79 Å². The Labute approximate surface area is 162 Å². The summed E-state index contributed by atoms with van der Waals surface area (Å²) in [6.07, 6.45) is 8.28. The van der Waals surface area contributed by atoms with Gasteiger partial charge in [0, 0.05) is 29.7 Å². The monoisotopic (exact) mass is 378 g/mol. The largest absolute Gasteiger partial charge is 0.310 e. The molecule has 5 rings (SSSR count). The van der Waals surface area contributed by atoms with Crippen LogP contribution >= 0.6 is 11.3 Å². The van der Waals surface area contributed by atoms with E-state index in [9.17, 15) is 4.79 Å². The highest BCUT2D eigenvalue weighted by atomic mass is 32.1. The van der Waals surface area contributed by atoms with Crippen molar-refractivity contribution in [3.63, 3.8) is 0 Å². The molecule has 6 heteroatoms. The predicted molar refractivity (Wildman–Crippen MR) is 109 cm³/mol. The second-order valence-electron chi connectivity index (χ2n) is 7.53. The van der Waals surface area contributed by atoms with Crippen LogP contribution in [0.4, 0.5) is 5.82 Å². The summed E-state index contributed by atoms with van der Waals surface area (Å²) in [5, 5.41) is 5.19. The number of carbonyl (C=O) groups is 1. The molecule has 1 aliphatic heterocycles. The Balaban J connectivity index is 1.30. The summed E-state index contributed by atoms with van der Waals surface area (Å²) in [6, 6.07) is 9.05. The highest BCUT2D eigenvalue weighted by molar-refractivity contribution is 7.13. The fourth-order valence-electron chi connectivity index (χ4n) is 3.92. The molecule has 138 valence electrons. The van der Waals surface area contributed by atoms with Crippen LogP contribution in [0.3, 0.4) is 0 Å². The first kappa shape index (κ1) is 16.8. The molecular weight excluding hydrogens is 356 g/mol. The molecule has 27 heavy (non-hydrogen) atoms. The van der Waals surface area contributed by atoms with Crippen molar-refractivity contribution in [1.82, 2.24) is 14.9 Å². The highest BCUT2D eigenvalue weighted by Gasteiger charge is 2.33. The molecule has 1 aliphatic carbocycles.